The number of aliphatic hydroxyl groups is 2. The largest absolute Gasteiger partial charge is 0.393 e. The van der Waals surface area contributed by atoms with E-state index >= 15 is 0 Å². The molecule has 2 spiro atoms. The monoisotopic (exact) mass is 306 g/mol. The zero-order chi connectivity index (χ0) is 15.4. The minimum absolute atomic E-state index is 0.169. The Morgan fingerprint density at radius 1 is 1.18 bits per heavy atom. The molecule has 122 valence electrons. The first-order chi connectivity index (χ1) is 10.5. The fourth-order valence-corrected chi connectivity index (χ4v) is 7.74. The molecular weight excluding hydrogens is 280 g/mol. The van der Waals surface area contributed by atoms with Crippen molar-refractivity contribution in [3.63, 3.8) is 0 Å². The van der Waals surface area contributed by atoms with E-state index in [0.29, 0.717) is 6.61 Å². The highest BCUT2D eigenvalue weighted by Crippen LogP contribution is 2.82. The molecule has 5 aliphatic rings. The third kappa shape index (κ3) is 1.02. The first-order valence-electron chi connectivity index (χ1n) is 8.72. The van der Waals surface area contributed by atoms with Crippen LogP contribution in [0.2, 0.25) is 0 Å². The molecule has 2 N–H and O–H groups in total. The minimum atomic E-state index is -0.697. The Hall–Kier alpha value is -0.420. The van der Waals surface area contributed by atoms with Crippen LogP contribution in [0.15, 0.2) is 12.2 Å². The molecule has 4 aliphatic carbocycles. The molecule has 4 nitrogen and oxygen atoms in total. The van der Waals surface area contributed by atoms with E-state index in [4.69, 9.17) is 9.47 Å². The van der Waals surface area contributed by atoms with Crippen LogP contribution in [0, 0.1) is 28.1 Å². The van der Waals surface area contributed by atoms with Crippen LogP contribution in [0.4, 0.5) is 0 Å². The van der Waals surface area contributed by atoms with Gasteiger partial charge in [0, 0.05) is 23.9 Å². The van der Waals surface area contributed by atoms with Crippen LogP contribution in [0.1, 0.15) is 39.0 Å². The average molecular weight is 306 g/mol. The second kappa shape index (κ2) is 3.80. The summed E-state index contributed by atoms with van der Waals surface area (Å²) < 4.78 is 12.5. The molecule has 0 aromatic carbocycles. The number of ether oxygens (including phenoxy) is 2. The van der Waals surface area contributed by atoms with Gasteiger partial charge in [-0.05, 0) is 31.6 Å². The van der Waals surface area contributed by atoms with E-state index in [1.165, 1.54) is 0 Å². The average Bonchev–Trinajstić information content (AvgIpc) is 3.06. The third-order valence-corrected chi connectivity index (χ3v) is 8.50. The fraction of sp³-hybridized carbons (Fsp3) is 0.889. The van der Waals surface area contributed by atoms with Gasteiger partial charge in [-0.1, -0.05) is 25.5 Å². The zero-order valence-corrected chi connectivity index (χ0v) is 13.4. The molecule has 0 unspecified atom stereocenters. The van der Waals surface area contributed by atoms with Crippen molar-refractivity contribution in [2.24, 2.45) is 28.1 Å². The van der Waals surface area contributed by atoms with Crippen molar-refractivity contribution in [1.29, 1.82) is 0 Å². The Balaban J connectivity index is 1.83. The number of aliphatic hydroxyl groups excluding tert-OH is 2. The summed E-state index contributed by atoms with van der Waals surface area (Å²) in [4.78, 5) is 0. The maximum absolute atomic E-state index is 11.2. The highest BCUT2D eigenvalue weighted by atomic mass is 16.7. The summed E-state index contributed by atoms with van der Waals surface area (Å²) in [5, 5.41) is 22.1. The van der Waals surface area contributed by atoms with Gasteiger partial charge in [0.2, 0.25) is 0 Å². The Bertz CT molecular complexity index is 561. The van der Waals surface area contributed by atoms with E-state index in [-0.39, 0.29) is 28.8 Å². The molecule has 0 amide bonds. The molecule has 0 aromatic heterocycles. The van der Waals surface area contributed by atoms with Gasteiger partial charge in [-0.2, -0.15) is 0 Å². The lowest BCUT2D eigenvalue weighted by atomic mass is 9.41. The van der Waals surface area contributed by atoms with E-state index in [1.54, 1.807) is 7.11 Å². The van der Waals surface area contributed by atoms with Crippen molar-refractivity contribution in [1.82, 2.24) is 0 Å². The smallest absolute Gasteiger partial charge is 0.183 e. The van der Waals surface area contributed by atoms with Gasteiger partial charge in [-0.15, -0.1) is 0 Å². The molecule has 4 heteroatoms. The Labute approximate surface area is 131 Å². The molecule has 2 bridgehead atoms. The van der Waals surface area contributed by atoms with Crippen molar-refractivity contribution >= 4 is 0 Å². The summed E-state index contributed by atoms with van der Waals surface area (Å²) in [6, 6.07) is 0. The van der Waals surface area contributed by atoms with Crippen molar-refractivity contribution in [2.45, 2.75) is 57.0 Å². The predicted octanol–water partition coefficient (Wildman–Crippen LogP) is 1.85. The molecular formula is C18H26O4. The van der Waals surface area contributed by atoms with Crippen molar-refractivity contribution in [3.8, 4) is 0 Å². The van der Waals surface area contributed by atoms with Gasteiger partial charge in [-0.25, -0.2) is 0 Å². The lowest BCUT2D eigenvalue weighted by molar-refractivity contribution is -0.297. The quantitative estimate of drug-likeness (QED) is 0.726. The number of rotatable bonds is 1. The summed E-state index contributed by atoms with van der Waals surface area (Å²) in [7, 11) is 1.74. The minimum Gasteiger partial charge on any atom is -0.393 e. The van der Waals surface area contributed by atoms with Gasteiger partial charge in [0.05, 0.1) is 24.2 Å². The van der Waals surface area contributed by atoms with Crippen LogP contribution in [0.3, 0.4) is 0 Å². The number of methoxy groups -OCH3 is 1. The molecule has 0 radical (unpaired) electrons. The standard InChI is InChI=1S/C18H26O4/c1-15-6-3-7-16(15)10-22-18(21-2)11-4-5-13(19)17(16,18)12(8-11)9-14(15)20/h4-5,11-14,19-20H,3,6-10H2,1-2H3/t11-,12+,13+,14-,15-,16-,17-,18+/m0/s1. The maximum Gasteiger partial charge on any atom is 0.183 e. The normalized spacial score (nSPS) is 64.7. The summed E-state index contributed by atoms with van der Waals surface area (Å²) in [5.74, 6) is -0.232. The molecule has 1 heterocycles. The van der Waals surface area contributed by atoms with Gasteiger partial charge in [0.1, 0.15) is 0 Å². The second-order valence-electron chi connectivity index (χ2n) is 8.50. The van der Waals surface area contributed by atoms with E-state index in [9.17, 15) is 10.2 Å². The summed E-state index contributed by atoms with van der Waals surface area (Å²) >= 11 is 0. The van der Waals surface area contributed by atoms with E-state index in [0.717, 1.165) is 32.1 Å². The number of hydrogen-bond donors (Lipinski definition) is 2. The topological polar surface area (TPSA) is 58.9 Å². The highest BCUT2D eigenvalue weighted by molar-refractivity contribution is 5.36. The molecule has 4 fully saturated rings. The van der Waals surface area contributed by atoms with Crippen LogP contribution >= 0.6 is 0 Å². The first kappa shape index (κ1) is 14.0. The second-order valence-corrected chi connectivity index (χ2v) is 8.50. The van der Waals surface area contributed by atoms with Crippen LogP contribution in [0.25, 0.3) is 0 Å². The van der Waals surface area contributed by atoms with Crippen LogP contribution in [0.5, 0.6) is 0 Å². The first-order valence-corrected chi connectivity index (χ1v) is 8.72. The van der Waals surface area contributed by atoms with Crippen LogP contribution in [-0.4, -0.2) is 41.9 Å². The van der Waals surface area contributed by atoms with Crippen molar-refractivity contribution in [3.05, 3.63) is 12.2 Å². The molecule has 8 atom stereocenters. The lowest BCUT2D eigenvalue weighted by Gasteiger charge is -2.63. The SMILES string of the molecule is CO[C@@]12OC[C@@]34CCC[C@@]3(C)[C@@H](O)C[C@H]3C[C@@H]1C=C[C@@H](O)[C@]324. The molecule has 0 aromatic rings. The Morgan fingerprint density at radius 3 is 2.77 bits per heavy atom. The van der Waals surface area contributed by atoms with Crippen LogP contribution in [-0.2, 0) is 9.47 Å². The van der Waals surface area contributed by atoms with Gasteiger partial charge in [0.25, 0.3) is 0 Å². The summed E-state index contributed by atoms with van der Waals surface area (Å²) in [6.07, 6.45) is 8.11. The van der Waals surface area contributed by atoms with Gasteiger partial charge < -0.3 is 19.7 Å². The summed E-state index contributed by atoms with van der Waals surface area (Å²) in [6.45, 7) is 2.84. The van der Waals surface area contributed by atoms with Gasteiger partial charge in [0.15, 0.2) is 5.79 Å². The van der Waals surface area contributed by atoms with E-state index in [1.807, 2.05) is 6.08 Å². The van der Waals surface area contributed by atoms with E-state index < -0.39 is 17.3 Å². The Kier molecular flexibility index (Phi) is 2.41. The molecule has 5 rings (SSSR count). The fourth-order valence-electron chi connectivity index (χ4n) is 7.74. The third-order valence-electron chi connectivity index (χ3n) is 8.50. The Morgan fingerprint density at radius 2 is 2.00 bits per heavy atom. The zero-order valence-electron chi connectivity index (χ0n) is 13.4. The molecule has 22 heavy (non-hydrogen) atoms. The highest BCUT2D eigenvalue weighted by Gasteiger charge is 2.86. The molecule has 1 saturated heterocycles. The maximum atomic E-state index is 11.2. The summed E-state index contributed by atoms with van der Waals surface area (Å²) in [5.41, 5.74) is -0.735. The van der Waals surface area contributed by atoms with Crippen LogP contribution < -0.4 is 0 Å². The molecule has 3 saturated carbocycles. The van der Waals surface area contributed by atoms with Gasteiger partial charge >= 0.3 is 0 Å². The molecule has 1 aliphatic heterocycles. The lowest BCUT2D eigenvalue weighted by Crippen LogP contribution is -2.69. The van der Waals surface area contributed by atoms with E-state index in [2.05, 4.69) is 13.0 Å². The van der Waals surface area contributed by atoms with Crippen molar-refractivity contribution in [2.75, 3.05) is 13.7 Å². The van der Waals surface area contributed by atoms with Gasteiger partial charge in [-0.3, -0.25) is 0 Å². The van der Waals surface area contributed by atoms with Crippen molar-refractivity contribution < 1.29 is 19.7 Å². The predicted molar refractivity (Wildman–Crippen MR) is 79.9 cm³/mol. The number of hydrogen-bond acceptors (Lipinski definition) is 4.